The number of benzene rings is 1. The standard InChI is InChI=1S/C26H33Cl2N7/c1-16-9-21(10-16)33-7-5-18(6-8-33)19-13-34(14-19)24-12-25(35-26(32-24)29-15-30-35)31-17(2)22-4-3-20(27)11-23(22)28/h3-4,11-12,15-19,21,31H,5-10,13-14H2,1-2H3/t16?,17-,21?/m0/s1. The quantitative estimate of drug-likeness (QED) is 0.466. The molecule has 0 spiro atoms. The molecule has 0 bridgehead atoms. The van der Waals surface area contributed by atoms with Gasteiger partial charge in [-0.05, 0) is 81.1 Å². The van der Waals surface area contributed by atoms with E-state index in [0.29, 0.717) is 15.8 Å². The van der Waals surface area contributed by atoms with Gasteiger partial charge in [0.15, 0.2) is 0 Å². The van der Waals surface area contributed by atoms with Gasteiger partial charge >= 0.3 is 0 Å². The number of hydrogen-bond donors (Lipinski definition) is 1. The molecule has 35 heavy (non-hydrogen) atoms. The number of halogens is 2. The van der Waals surface area contributed by atoms with Gasteiger partial charge in [-0.1, -0.05) is 36.2 Å². The minimum atomic E-state index is -0.0320. The monoisotopic (exact) mass is 513 g/mol. The summed E-state index contributed by atoms with van der Waals surface area (Å²) in [5.74, 6) is 4.94. The van der Waals surface area contributed by atoms with Crippen LogP contribution in [0.15, 0.2) is 30.6 Å². The van der Waals surface area contributed by atoms with Gasteiger partial charge in [0.1, 0.15) is 18.0 Å². The van der Waals surface area contributed by atoms with Gasteiger partial charge in [-0.15, -0.1) is 0 Å². The molecule has 186 valence electrons. The number of rotatable bonds is 6. The second-order valence-corrected chi connectivity index (χ2v) is 11.6. The van der Waals surface area contributed by atoms with Crippen LogP contribution in [0.4, 0.5) is 11.6 Å². The second-order valence-electron chi connectivity index (χ2n) is 10.8. The van der Waals surface area contributed by atoms with E-state index in [-0.39, 0.29) is 6.04 Å². The van der Waals surface area contributed by atoms with Crippen LogP contribution in [0.2, 0.25) is 10.0 Å². The van der Waals surface area contributed by atoms with Crippen molar-refractivity contribution in [2.24, 2.45) is 17.8 Å². The van der Waals surface area contributed by atoms with Crippen LogP contribution >= 0.6 is 23.2 Å². The first-order valence-corrected chi connectivity index (χ1v) is 13.6. The van der Waals surface area contributed by atoms with Crippen molar-refractivity contribution in [2.45, 2.75) is 51.6 Å². The topological polar surface area (TPSA) is 61.6 Å². The Morgan fingerprint density at radius 2 is 1.83 bits per heavy atom. The fourth-order valence-electron chi connectivity index (χ4n) is 6.13. The van der Waals surface area contributed by atoms with Crippen LogP contribution in [0, 0.1) is 17.8 Å². The van der Waals surface area contributed by atoms with Crippen LogP contribution in [0.25, 0.3) is 5.78 Å². The van der Waals surface area contributed by atoms with Gasteiger partial charge in [-0.25, -0.2) is 0 Å². The number of fused-ring (bicyclic) bond motifs is 1. The molecule has 4 heterocycles. The van der Waals surface area contributed by atoms with Gasteiger partial charge < -0.3 is 15.1 Å². The summed E-state index contributed by atoms with van der Waals surface area (Å²) in [6.07, 6.45) is 7.03. The highest BCUT2D eigenvalue weighted by atomic mass is 35.5. The smallest absolute Gasteiger partial charge is 0.256 e. The van der Waals surface area contributed by atoms with E-state index in [1.807, 2.05) is 12.1 Å². The molecule has 0 unspecified atom stereocenters. The highest BCUT2D eigenvalue weighted by molar-refractivity contribution is 6.35. The number of piperidine rings is 1. The van der Waals surface area contributed by atoms with Crippen molar-refractivity contribution in [3.05, 3.63) is 46.2 Å². The van der Waals surface area contributed by atoms with Crippen LogP contribution in [0.3, 0.4) is 0 Å². The minimum absolute atomic E-state index is 0.0320. The van der Waals surface area contributed by atoms with Crippen molar-refractivity contribution in [2.75, 3.05) is 36.4 Å². The van der Waals surface area contributed by atoms with Crippen LogP contribution in [0.5, 0.6) is 0 Å². The first-order chi connectivity index (χ1) is 16.9. The first-order valence-electron chi connectivity index (χ1n) is 12.9. The van der Waals surface area contributed by atoms with Crippen molar-refractivity contribution < 1.29 is 0 Å². The molecule has 3 aromatic rings. The van der Waals surface area contributed by atoms with Gasteiger partial charge in [0.2, 0.25) is 0 Å². The second kappa shape index (κ2) is 9.41. The van der Waals surface area contributed by atoms with E-state index in [0.717, 1.165) is 54.1 Å². The van der Waals surface area contributed by atoms with E-state index in [4.69, 9.17) is 28.2 Å². The lowest BCUT2D eigenvalue weighted by Crippen LogP contribution is -2.54. The van der Waals surface area contributed by atoms with Crippen molar-refractivity contribution >= 4 is 40.6 Å². The fraction of sp³-hybridized carbons (Fsp3) is 0.577. The third-order valence-electron chi connectivity index (χ3n) is 8.37. The molecule has 1 aromatic carbocycles. The third-order valence-corrected chi connectivity index (χ3v) is 8.93. The molecule has 2 aliphatic heterocycles. The summed E-state index contributed by atoms with van der Waals surface area (Å²) in [4.78, 5) is 14.3. The maximum Gasteiger partial charge on any atom is 0.256 e. The lowest BCUT2D eigenvalue weighted by Gasteiger charge is -2.49. The first kappa shape index (κ1) is 23.3. The largest absolute Gasteiger partial charge is 0.363 e. The van der Waals surface area contributed by atoms with Gasteiger partial charge in [0.25, 0.3) is 5.78 Å². The fourth-order valence-corrected chi connectivity index (χ4v) is 6.70. The molecule has 2 saturated heterocycles. The molecule has 7 nitrogen and oxygen atoms in total. The molecule has 3 aliphatic rings. The third kappa shape index (κ3) is 4.58. The van der Waals surface area contributed by atoms with Gasteiger partial charge in [-0.2, -0.15) is 19.6 Å². The van der Waals surface area contributed by atoms with Crippen molar-refractivity contribution in [1.82, 2.24) is 24.5 Å². The Hall–Kier alpha value is -2.09. The number of aromatic nitrogens is 4. The minimum Gasteiger partial charge on any atom is -0.363 e. The Labute approximate surface area is 216 Å². The number of anilines is 2. The predicted octanol–water partition coefficient (Wildman–Crippen LogP) is 5.55. The summed E-state index contributed by atoms with van der Waals surface area (Å²) in [6, 6.07) is 8.51. The normalized spacial score (nSPS) is 24.9. The van der Waals surface area contributed by atoms with Gasteiger partial charge in [0.05, 0.1) is 6.04 Å². The highest BCUT2D eigenvalue weighted by Gasteiger charge is 2.39. The molecule has 1 N–H and O–H groups in total. The summed E-state index contributed by atoms with van der Waals surface area (Å²) >= 11 is 12.5. The summed E-state index contributed by atoms with van der Waals surface area (Å²) in [5, 5.41) is 9.21. The number of nitrogens with zero attached hydrogens (tertiary/aromatic N) is 6. The molecule has 2 aromatic heterocycles. The number of nitrogens with one attached hydrogen (secondary N) is 1. The zero-order valence-corrected chi connectivity index (χ0v) is 21.9. The molecule has 0 radical (unpaired) electrons. The van der Waals surface area contributed by atoms with E-state index in [1.165, 1.54) is 38.8 Å². The molecule has 3 fully saturated rings. The van der Waals surface area contributed by atoms with Crippen molar-refractivity contribution in [3.63, 3.8) is 0 Å². The molecular weight excluding hydrogens is 481 g/mol. The van der Waals surface area contributed by atoms with E-state index in [1.54, 1.807) is 16.9 Å². The molecule has 1 aliphatic carbocycles. The van der Waals surface area contributed by atoms with Crippen LogP contribution in [0.1, 0.15) is 51.1 Å². The zero-order valence-electron chi connectivity index (χ0n) is 20.4. The average Bonchev–Trinajstić information content (AvgIpc) is 3.26. The van der Waals surface area contributed by atoms with Gasteiger partial charge in [0, 0.05) is 35.2 Å². The Morgan fingerprint density at radius 1 is 1.06 bits per heavy atom. The summed E-state index contributed by atoms with van der Waals surface area (Å²) in [6.45, 7) is 9.16. The maximum absolute atomic E-state index is 6.45. The van der Waals surface area contributed by atoms with E-state index < -0.39 is 0 Å². The Kier molecular flexibility index (Phi) is 6.27. The van der Waals surface area contributed by atoms with Crippen LogP contribution < -0.4 is 10.2 Å². The Balaban J connectivity index is 1.11. The van der Waals surface area contributed by atoms with E-state index >= 15 is 0 Å². The lowest BCUT2D eigenvalue weighted by atomic mass is 9.76. The Bertz CT molecular complexity index is 1190. The summed E-state index contributed by atoms with van der Waals surface area (Å²) in [7, 11) is 0. The van der Waals surface area contributed by atoms with E-state index in [9.17, 15) is 0 Å². The van der Waals surface area contributed by atoms with Gasteiger partial charge in [-0.3, -0.25) is 0 Å². The predicted molar refractivity (Wildman–Crippen MR) is 141 cm³/mol. The highest BCUT2D eigenvalue weighted by Crippen LogP contribution is 2.38. The van der Waals surface area contributed by atoms with Crippen LogP contribution in [-0.4, -0.2) is 56.7 Å². The molecular formula is C26H33Cl2N7. The van der Waals surface area contributed by atoms with Crippen LogP contribution in [-0.2, 0) is 0 Å². The number of likely N-dealkylation sites (tertiary alicyclic amines) is 1. The number of hydrogen-bond acceptors (Lipinski definition) is 6. The molecule has 1 saturated carbocycles. The molecule has 1 atom stereocenters. The molecule has 6 rings (SSSR count). The maximum atomic E-state index is 6.45. The average molecular weight is 515 g/mol. The summed E-state index contributed by atoms with van der Waals surface area (Å²) < 4.78 is 1.75. The SMILES string of the molecule is CC1CC(N2CCC(C3CN(c4cc(N[C@@H](C)c5ccc(Cl)cc5Cl)n5ncnc5n4)C3)CC2)C1. The molecule has 0 amide bonds. The molecule has 9 heteroatoms. The lowest BCUT2D eigenvalue weighted by molar-refractivity contribution is 0.0401. The van der Waals surface area contributed by atoms with Crippen molar-refractivity contribution in [1.29, 1.82) is 0 Å². The Morgan fingerprint density at radius 3 is 2.54 bits per heavy atom. The zero-order chi connectivity index (χ0) is 24.1. The van der Waals surface area contributed by atoms with Crippen molar-refractivity contribution in [3.8, 4) is 0 Å². The van der Waals surface area contributed by atoms with E-state index in [2.05, 4.69) is 45.1 Å². The summed E-state index contributed by atoms with van der Waals surface area (Å²) in [5.41, 5.74) is 0.981.